The van der Waals surface area contributed by atoms with E-state index in [4.69, 9.17) is 66.8 Å². The number of aliphatic imine (C=N–C) groups is 4. The molecule has 34 heteroatoms. The van der Waals surface area contributed by atoms with Crippen molar-refractivity contribution in [2.24, 2.45) is 77.3 Å². The minimum Gasteiger partial charge on any atom is -0.379 e. The molecule has 0 bridgehead atoms. The molecule has 0 spiro atoms. The van der Waals surface area contributed by atoms with E-state index in [0.29, 0.717) is 32.2 Å². The van der Waals surface area contributed by atoms with Gasteiger partial charge >= 0.3 is 0 Å². The molecule has 7 atom stereocenters. The van der Waals surface area contributed by atoms with Gasteiger partial charge in [0.2, 0.25) is 53.2 Å². The average Bonchev–Trinajstić information content (AvgIpc) is 3.42. The van der Waals surface area contributed by atoms with Crippen LogP contribution in [0.2, 0.25) is 0 Å². The number of primary amides is 1. The topological polar surface area (TPSA) is 595 Å². The zero-order valence-corrected chi connectivity index (χ0v) is 51.8. The van der Waals surface area contributed by atoms with Crippen LogP contribution in [0.25, 0.3) is 0 Å². The Kier molecular flexibility index (Phi) is 42.4. The summed E-state index contributed by atoms with van der Waals surface area (Å²) in [6.45, 7) is 1.90. The van der Waals surface area contributed by atoms with Gasteiger partial charge in [-0.05, 0) is 96.4 Å². The summed E-state index contributed by atoms with van der Waals surface area (Å²) >= 11 is 0. The molecule has 34 nitrogen and oxygen atoms in total. The van der Waals surface area contributed by atoms with Gasteiger partial charge in [0.15, 0.2) is 23.8 Å². The standard InChI is InChI=1S/C55H104N22O12/c1-2-3-4-5-6-7-8-22-43(79)70-33-42-51(87)75-40(21-14-29-69-55(64)65)48(84)73-38(19-12-27-67-53(60)61)46(82)72-37(18-11-26-66-52(58)59)47(83)74-39(20-13-28-68-54(62)63)49(85)76-41(50(86)77-42)24-23-35(78)16-15-30-88-31-32-89-34-44(80)71-36(45(57)81)17-9-10-25-56/h36-42H,2-34,56H2,1H3,(H2,57,81)(H,70,79)(H,71,80)(H,72,82)(H,73,84)(H,74,83)(H,75,87)(H,76,85)(H,77,86)(H4,58,59,66)(H4,60,61,67)(H4,62,63,68)(H4,64,65,69)/t36?,37-,38+,39+,40-,41+,42+/m1/s1. The maximum Gasteiger partial charge on any atom is 0.246 e. The van der Waals surface area contributed by atoms with Gasteiger partial charge in [-0.25, -0.2) is 0 Å². The molecule has 1 aliphatic heterocycles. The van der Waals surface area contributed by atoms with Crippen molar-refractivity contribution in [1.82, 2.24) is 42.5 Å². The zero-order valence-electron chi connectivity index (χ0n) is 51.8. The van der Waals surface area contributed by atoms with E-state index < -0.39 is 102 Å². The number of rotatable bonds is 44. The molecule has 1 fully saturated rings. The highest BCUT2D eigenvalue weighted by molar-refractivity contribution is 5.99. The highest BCUT2D eigenvalue weighted by Gasteiger charge is 2.35. The lowest BCUT2D eigenvalue weighted by molar-refractivity contribution is -0.137. The van der Waals surface area contributed by atoms with E-state index in [1.165, 1.54) is 0 Å². The van der Waals surface area contributed by atoms with Gasteiger partial charge in [-0.2, -0.15) is 0 Å². The Labute approximate surface area is 521 Å². The number of carbonyl (C=O) groups is 10. The summed E-state index contributed by atoms with van der Waals surface area (Å²) in [5, 5.41) is 21.2. The Morgan fingerprint density at radius 1 is 0.438 bits per heavy atom. The molecule has 0 aliphatic carbocycles. The van der Waals surface area contributed by atoms with Crippen molar-refractivity contribution in [3.63, 3.8) is 0 Å². The van der Waals surface area contributed by atoms with Crippen molar-refractivity contribution >= 4 is 82.8 Å². The number of nitrogens with two attached hydrogens (primary N) is 10. The predicted octanol–water partition coefficient (Wildman–Crippen LogP) is -5.36. The van der Waals surface area contributed by atoms with E-state index >= 15 is 0 Å². The van der Waals surface area contributed by atoms with Crippen molar-refractivity contribution in [1.29, 1.82) is 0 Å². The molecule has 0 aromatic carbocycles. The third-order valence-electron chi connectivity index (χ3n) is 13.8. The zero-order chi connectivity index (χ0) is 66.4. The minimum absolute atomic E-state index is 0.0000175. The van der Waals surface area contributed by atoms with Crippen LogP contribution in [0, 0.1) is 0 Å². The molecule has 0 aromatic heterocycles. The number of carbonyl (C=O) groups excluding carboxylic acids is 10. The molecule has 1 rings (SSSR count). The van der Waals surface area contributed by atoms with E-state index in [9.17, 15) is 47.9 Å². The maximum absolute atomic E-state index is 14.7. The fourth-order valence-corrected chi connectivity index (χ4v) is 8.95. The number of ketones is 1. The molecule has 0 radical (unpaired) electrons. The van der Waals surface area contributed by atoms with Crippen LogP contribution < -0.4 is 99.9 Å². The number of guanidine groups is 4. The second kappa shape index (κ2) is 47.9. The number of nitrogens with one attached hydrogen (secondary N) is 8. The first-order valence-corrected chi connectivity index (χ1v) is 30.7. The minimum atomic E-state index is -1.62. The lowest BCUT2D eigenvalue weighted by Crippen LogP contribution is -2.62. The number of nitrogens with zero attached hydrogens (tertiary/aromatic N) is 4. The number of hydrogen-bond acceptors (Lipinski definition) is 17. The first-order valence-electron chi connectivity index (χ1n) is 30.7. The van der Waals surface area contributed by atoms with Gasteiger partial charge < -0.3 is 109 Å². The molecule has 89 heavy (non-hydrogen) atoms. The SMILES string of the molecule is CCCCCCCCCC(=O)NC[C@@H]1NC(=O)[C@H](CCC(=O)CCCOCCOCC(=O)NC(CCCCN)C(N)=O)NC(=O)[C@H](CCCN=C(N)N)NC(=O)[C@@H](CCCN=C(N)N)NC(=O)[C@H](CCCN=C(N)N)NC(=O)[C@@H](CCCN=C(N)N)NC1=O. The molecule has 1 aliphatic rings. The summed E-state index contributed by atoms with van der Waals surface area (Å²) in [5.74, 6) is -8.42. The molecule has 1 saturated heterocycles. The van der Waals surface area contributed by atoms with Crippen molar-refractivity contribution in [2.45, 2.75) is 197 Å². The fraction of sp³-hybridized carbons (Fsp3) is 0.745. The Morgan fingerprint density at radius 3 is 1.25 bits per heavy atom. The van der Waals surface area contributed by atoms with Gasteiger partial charge in [-0.1, -0.05) is 45.4 Å². The van der Waals surface area contributed by atoms with Crippen LogP contribution in [0.15, 0.2) is 20.0 Å². The second-order valence-corrected chi connectivity index (χ2v) is 21.5. The molecule has 506 valence electrons. The number of hydrogen-bond donors (Lipinski definition) is 18. The van der Waals surface area contributed by atoms with Crippen LogP contribution in [-0.2, 0) is 57.4 Å². The monoisotopic (exact) mass is 1260 g/mol. The van der Waals surface area contributed by atoms with Gasteiger partial charge in [-0.3, -0.25) is 67.9 Å². The average molecular weight is 1270 g/mol. The van der Waals surface area contributed by atoms with E-state index in [0.717, 1.165) is 38.5 Å². The Balaban J connectivity index is 3.78. The predicted molar refractivity (Wildman–Crippen MR) is 336 cm³/mol. The summed E-state index contributed by atoms with van der Waals surface area (Å²) in [7, 11) is 0. The van der Waals surface area contributed by atoms with Crippen molar-refractivity contribution in [2.75, 3.05) is 65.7 Å². The van der Waals surface area contributed by atoms with Crippen LogP contribution in [-0.4, -0.2) is 191 Å². The van der Waals surface area contributed by atoms with Crippen LogP contribution in [0.4, 0.5) is 0 Å². The fourth-order valence-electron chi connectivity index (χ4n) is 8.95. The van der Waals surface area contributed by atoms with Crippen molar-refractivity contribution < 1.29 is 57.4 Å². The molecule has 1 heterocycles. The van der Waals surface area contributed by atoms with Gasteiger partial charge in [0.25, 0.3) is 0 Å². The number of Topliss-reactive ketones (excluding diaryl/α,β-unsaturated/α-hetero) is 1. The third kappa shape index (κ3) is 39.4. The summed E-state index contributed by atoms with van der Waals surface area (Å²) in [5.41, 5.74) is 55.4. The summed E-state index contributed by atoms with van der Waals surface area (Å²) in [6, 6.07) is -9.77. The van der Waals surface area contributed by atoms with Crippen LogP contribution >= 0.6 is 0 Å². The molecular weight excluding hydrogens is 1160 g/mol. The Bertz CT molecular complexity index is 2310. The quantitative estimate of drug-likeness (QED) is 0.0154. The molecule has 28 N–H and O–H groups in total. The van der Waals surface area contributed by atoms with Crippen LogP contribution in [0.3, 0.4) is 0 Å². The van der Waals surface area contributed by atoms with E-state index in [2.05, 4.69) is 69.4 Å². The van der Waals surface area contributed by atoms with Crippen molar-refractivity contribution in [3.8, 4) is 0 Å². The summed E-state index contributed by atoms with van der Waals surface area (Å²) < 4.78 is 10.9. The molecule has 9 amide bonds. The number of unbranched alkanes of at least 4 members (excludes halogenated alkanes) is 7. The van der Waals surface area contributed by atoms with Gasteiger partial charge in [0.1, 0.15) is 54.7 Å². The Morgan fingerprint density at radius 2 is 0.831 bits per heavy atom. The second-order valence-electron chi connectivity index (χ2n) is 21.5. The van der Waals surface area contributed by atoms with E-state index in [-0.39, 0.29) is 166 Å². The molecule has 1 unspecified atom stereocenters. The van der Waals surface area contributed by atoms with E-state index in [1.54, 1.807) is 0 Å². The number of amides is 9. The lowest BCUT2D eigenvalue weighted by atomic mass is 10.0. The highest BCUT2D eigenvalue weighted by atomic mass is 16.5. The number of ether oxygens (including phenoxy) is 2. The first-order chi connectivity index (χ1) is 42.5. The molecule has 0 aromatic rings. The smallest absolute Gasteiger partial charge is 0.246 e. The third-order valence-corrected chi connectivity index (χ3v) is 13.8. The van der Waals surface area contributed by atoms with Gasteiger partial charge in [0, 0.05) is 58.6 Å². The summed E-state index contributed by atoms with van der Waals surface area (Å²) in [6.07, 6.45) is 7.75. The Hall–Kier alpha value is -8.14. The normalized spacial score (nSPS) is 18.8. The summed E-state index contributed by atoms with van der Waals surface area (Å²) in [4.78, 5) is 154. The first kappa shape index (κ1) is 78.9. The van der Waals surface area contributed by atoms with Crippen LogP contribution in [0.5, 0.6) is 0 Å². The lowest BCUT2D eigenvalue weighted by Gasteiger charge is -2.29. The molecule has 0 saturated carbocycles. The van der Waals surface area contributed by atoms with Crippen molar-refractivity contribution in [3.05, 3.63) is 0 Å². The molecular formula is C55H104N22O12. The van der Waals surface area contributed by atoms with Gasteiger partial charge in [0.05, 0.1) is 13.2 Å². The largest absolute Gasteiger partial charge is 0.379 e. The van der Waals surface area contributed by atoms with Crippen LogP contribution in [0.1, 0.15) is 155 Å². The maximum atomic E-state index is 14.7. The van der Waals surface area contributed by atoms with Gasteiger partial charge in [-0.15, -0.1) is 0 Å². The van der Waals surface area contributed by atoms with E-state index in [1.807, 2.05) is 0 Å². The highest BCUT2D eigenvalue weighted by Crippen LogP contribution is 2.12.